The fraction of sp³-hybridized carbons (Fsp3) is 0.647. The molecular formula is C17H27O5P. The van der Waals surface area contributed by atoms with E-state index < -0.39 is 12.9 Å². The monoisotopic (exact) mass is 342 g/mol. The molecule has 0 radical (unpaired) electrons. The van der Waals surface area contributed by atoms with Crippen molar-refractivity contribution in [2.75, 3.05) is 26.0 Å². The quantitative estimate of drug-likeness (QED) is 0.362. The number of hydrogen-bond acceptors (Lipinski definition) is 5. The zero-order valence-electron chi connectivity index (χ0n) is 14.4. The number of benzene rings is 1. The first-order chi connectivity index (χ1) is 11.0. The van der Waals surface area contributed by atoms with Gasteiger partial charge in [0.2, 0.25) is 5.53 Å². The predicted octanol–water partition coefficient (Wildman–Crippen LogP) is 4.19. The van der Waals surface area contributed by atoms with Gasteiger partial charge in [0, 0.05) is 13.2 Å². The Labute approximate surface area is 138 Å². The van der Waals surface area contributed by atoms with E-state index in [0.717, 1.165) is 5.56 Å². The van der Waals surface area contributed by atoms with Crippen LogP contribution in [0.15, 0.2) is 30.3 Å². The van der Waals surface area contributed by atoms with Crippen molar-refractivity contribution in [3.63, 3.8) is 0 Å². The van der Waals surface area contributed by atoms with E-state index in [4.69, 9.17) is 18.7 Å². The highest BCUT2D eigenvalue weighted by Crippen LogP contribution is 2.63. The molecule has 0 amide bonds. The van der Waals surface area contributed by atoms with Crippen LogP contribution in [0.25, 0.3) is 0 Å². The molecule has 0 saturated carbocycles. The number of rotatable bonds is 10. The summed E-state index contributed by atoms with van der Waals surface area (Å²) in [6.07, 6.45) is 0.129. The summed E-state index contributed by atoms with van der Waals surface area (Å²) in [5.41, 5.74) is -0.144. The molecule has 1 fully saturated rings. The van der Waals surface area contributed by atoms with E-state index >= 15 is 0 Å². The largest absolute Gasteiger partial charge is 0.364 e. The van der Waals surface area contributed by atoms with Crippen molar-refractivity contribution in [1.29, 1.82) is 0 Å². The lowest BCUT2D eigenvalue weighted by atomic mass is 10.1. The van der Waals surface area contributed by atoms with Crippen molar-refractivity contribution in [3.05, 3.63) is 35.9 Å². The van der Waals surface area contributed by atoms with Crippen LogP contribution < -0.4 is 0 Å². The standard InChI is InChI=1S/C17H27O5P/c1-5-19-17(4,20-6-2)23(18,21-7-3)13-15-16(22-15)14-11-9-8-10-12-14/h8-12,15-16H,5-7,13H2,1-4H3. The minimum Gasteiger partial charge on any atom is -0.364 e. The Morgan fingerprint density at radius 3 is 2.22 bits per heavy atom. The Bertz CT molecular complexity index is 527. The fourth-order valence-corrected chi connectivity index (χ4v) is 5.26. The predicted molar refractivity (Wildman–Crippen MR) is 89.8 cm³/mol. The molecule has 1 aromatic carbocycles. The van der Waals surface area contributed by atoms with Gasteiger partial charge in [0.25, 0.3) is 7.37 Å². The molecule has 1 saturated heterocycles. The average Bonchev–Trinajstić information content (AvgIpc) is 3.27. The third-order valence-electron chi connectivity index (χ3n) is 3.91. The molecule has 130 valence electrons. The van der Waals surface area contributed by atoms with E-state index in [0.29, 0.717) is 19.8 Å². The molecule has 23 heavy (non-hydrogen) atoms. The summed E-state index contributed by atoms with van der Waals surface area (Å²) < 4.78 is 36.3. The number of hydrogen-bond donors (Lipinski definition) is 0. The van der Waals surface area contributed by atoms with Gasteiger partial charge in [-0.2, -0.15) is 0 Å². The molecule has 0 bridgehead atoms. The summed E-state index contributed by atoms with van der Waals surface area (Å²) in [5, 5.41) is 0. The highest BCUT2D eigenvalue weighted by molar-refractivity contribution is 7.60. The van der Waals surface area contributed by atoms with Crippen molar-refractivity contribution < 1.29 is 23.3 Å². The second kappa shape index (κ2) is 7.91. The van der Waals surface area contributed by atoms with Crippen LogP contribution in [-0.2, 0) is 23.3 Å². The third kappa shape index (κ3) is 4.23. The second-order valence-electron chi connectivity index (χ2n) is 5.54. The first-order valence-corrected chi connectivity index (χ1v) is 10.0. The van der Waals surface area contributed by atoms with E-state index in [1.807, 2.05) is 51.1 Å². The molecular weight excluding hydrogens is 315 g/mol. The summed E-state index contributed by atoms with van der Waals surface area (Å²) in [6.45, 7) is 8.39. The van der Waals surface area contributed by atoms with Gasteiger partial charge in [-0.15, -0.1) is 0 Å². The fourth-order valence-electron chi connectivity index (χ4n) is 2.77. The smallest absolute Gasteiger partial charge is 0.263 e. The molecule has 0 aliphatic carbocycles. The van der Waals surface area contributed by atoms with Crippen LogP contribution in [0.4, 0.5) is 0 Å². The molecule has 1 aromatic rings. The van der Waals surface area contributed by atoms with Crippen LogP contribution in [-0.4, -0.2) is 37.6 Å². The Morgan fingerprint density at radius 2 is 1.70 bits per heavy atom. The van der Waals surface area contributed by atoms with Gasteiger partial charge in [0.1, 0.15) is 6.10 Å². The lowest BCUT2D eigenvalue weighted by Crippen LogP contribution is -2.35. The third-order valence-corrected chi connectivity index (χ3v) is 6.92. The summed E-state index contributed by atoms with van der Waals surface area (Å²) in [6, 6.07) is 9.94. The van der Waals surface area contributed by atoms with E-state index in [-0.39, 0.29) is 18.4 Å². The van der Waals surface area contributed by atoms with Gasteiger partial charge in [0.15, 0.2) is 0 Å². The topological polar surface area (TPSA) is 57.3 Å². The molecule has 0 N–H and O–H groups in total. The number of epoxide rings is 1. The Kier molecular flexibility index (Phi) is 6.40. The normalized spacial score (nSPS) is 23.5. The van der Waals surface area contributed by atoms with E-state index in [1.165, 1.54) is 0 Å². The molecule has 1 heterocycles. The Hall–Kier alpha value is -0.710. The van der Waals surface area contributed by atoms with Gasteiger partial charge in [-0.1, -0.05) is 30.3 Å². The van der Waals surface area contributed by atoms with Crippen molar-refractivity contribution in [3.8, 4) is 0 Å². The van der Waals surface area contributed by atoms with Gasteiger partial charge >= 0.3 is 0 Å². The van der Waals surface area contributed by atoms with Gasteiger partial charge < -0.3 is 18.7 Å². The Morgan fingerprint density at radius 1 is 1.09 bits per heavy atom. The molecule has 2 rings (SSSR count). The van der Waals surface area contributed by atoms with Gasteiger partial charge in [-0.05, 0) is 33.3 Å². The zero-order valence-corrected chi connectivity index (χ0v) is 15.3. The molecule has 6 heteroatoms. The molecule has 5 nitrogen and oxygen atoms in total. The first-order valence-electron chi connectivity index (χ1n) is 8.21. The van der Waals surface area contributed by atoms with Gasteiger partial charge in [0.05, 0.1) is 18.9 Å². The highest BCUT2D eigenvalue weighted by Gasteiger charge is 2.54. The molecule has 0 aromatic heterocycles. The van der Waals surface area contributed by atoms with Crippen molar-refractivity contribution >= 4 is 7.37 Å². The van der Waals surface area contributed by atoms with Crippen molar-refractivity contribution in [1.82, 2.24) is 0 Å². The minimum absolute atomic E-state index is 0.0301. The van der Waals surface area contributed by atoms with Crippen LogP contribution >= 0.6 is 7.37 Å². The van der Waals surface area contributed by atoms with Crippen molar-refractivity contribution in [2.24, 2.45) is 0 Å². The maximum Gasteiger partial charge on any atom is 0.263 e. The lowest BCUT2D eigenvalue weighted by molar-refractivity contribution is -0.168. The molecule has 3 unspecified atom stereocenters. The first kappa shape index (κ1) is 18.6. The second-order valence-corrected chi connectivity index (χ2v) is 8.33. The lowest BCUT2D eigenvalue weighted by Gasteiger charge is -2.35. The zero-order chi connectivity index (χ0) is 16.9. The van der Waals surface area contributed by atoms with Gasteiger partial charge in [-0.3, -0.25) is 4.57 Å². The maximum absolute atomic E-state index is 13.5. The van der Waals surface area contributed by atoms with E-state index in [9.17, 15) is 4.57 Å². The summed E-state index contributed by atoms with van der Waals surface area (Å²) in [4.78, 5) is 0. The van der Waals surface area contributed by atoms with E-state index in [2.05, 4.69) is 0 Å². The van der Waals surface area contributed by atoms with Crippen LogP contribution in [0.5, 0.6) is 0 Å². The molecule has 3 atom stereocenters. The summed E-state index contributed by atoms with van der Waals surface area (Å²) in [7, 11) is -3.20. The molecule has 0 spiro atoms. The van der Waals surface area contributed by atoms with Crippen LogP contribution in [0.1, 0.15) is 39.4 Å². The van der Waals surface area contributed by atoms with Gasteiger partial charge in [-0.25, -0.2) is 0 Å². The average molecular weight is 342 g/mol. The van der Waals surface area contributed by atoms with E-state index in [1.54, 1.807) is 6.92 Å². The molecule has 1 aliphatic heterocycles. The maximum atomic E-state index is 13.5. The SMILES string of the molecule is CCOC(C)(OCC)P(=O)(CC1OC1c1ccccc1)OCC. The van der Waals surface area contributed by atoms with Crippen molar-refractivity contribution in [2.45, 2.75) is 45.4 Å². The Balaban J connectivity index is 2.13. The highest BCUT2D eigenvalue weighted by atomic mass is 31.2. The summed E-state index contributed by atoms with van der Waals surface area (Å²) in [5.74, 6) is 0. The van der Waals surface area contributed by atoms with Crippen LogP contribution in [0.2, 0.25) is 0 Å². The minimum atomic E-state index is -3.20. The number of ether oxygens (including phenoxy) is 3. The van der Waals surface area contributed by atoms with Crippen LogP contribution in [0, 0.1) is 0 Å². The van der Waals surface area contributed by atoms with Crippen LogP contribution in [0.3, 0.4) is 0 Å². The molecule has 1 aliphatic rings. The summed E-state index contributed by atoms with van der Waals surface area (Å²) >= 11 is 0.